The van der Waals surface area contributed by atoms with Crippen LogP contribution in [0.5, 0.6) is 0 Å². The zero-order valence-corrected chi connectivity index (χ0v) is 9.95. The Hall–Kier alpha value is -1.15. The van der Waals surface area contributed by atoms with Gasteiger partial charge in [0, 0.05) is 19.4 Å². The van der Waals surface area contributed by atoms with Gasteiger partial charge in [-0.05, 0) is 25.3 Å². The number of ketones is 1. The molecule has 0 aromatic heterocycles. The molecule has 2 heteroatoms. The standard InChI is InChI=1S/C14H20O2/c1-2-16-12-11-14(15)10-6-9-13-7-4-3-5-8-13/h3-5,7-8H,2,6,9-12H2,1H3. The van der Waals surface area contributed by atoms with Crippen LogP contribution in [-0.4, -0.2) is 19.0 Å². The summed E-state index contributed by atoms with van der Waals surface area (Å²) in [5.74, 6) is 0.310. The average molecular weight is 220 g/mol. The summed E-state index contributed by atoms with van der Waals surface area (Å²) in [6.45, 7) is 3.21. The van der Waals surface area contributed by atoms with Crippen molar-refractivity contribution in [2.45, 2.75) is 32.6 Å². The quantitative estimate of drug-likeness (QED) is 0.629. The molecule has 0 bridgehead atoms. The van der Waals surface area contributed by atoms with E-state index in [0.29, 0.717) is 31.8 Å². The molecule has 88 valence electrons. The summed E-state index contributed by atoms with van der Waals surface area (Å²) in [5, 5.41) is 0. The average Bonchev–Trinajstić information content (AvgIpc) is 2.31. The predicted octanol–water partition coefficient (Wildman–Crippen LogP) is 3.01. The number of rotatable bonds is 8. The number of carbonyl (C=O) groups is 1. The van der Waals surface area contributed by atoms with Gasteiger partial charge in [0.05, 0.1) is 6.61 Å². The fourth-order valence-electron chi connectivity index (χ4n) is 1.59. The van der Waals surface area contributed by atoms with E-state index in [-0.39, 0.29) is 0 Å². The van der Waals surface area contributed by atoms with Crippen molar-refractivity contribution in [3.05, 3.63) is 35.9 Å². The van der Waals surface area contributed by atoms with E-state index in [1.807, 2.05) is 25.1 Å². The maximum Gasteiger partial charge on any atom is 0.135 e. The van der Waals surface area contributed by atoms with Gasteiger partial charge in [-0.2, -0.15) is 0 Å². The van der Waals surface area contributed by atoms with Gasteiger partial charge in [-0.25, -0.2) is 0 Å². The topological polar surface area (TPSA) is 26.3 Å². The van der Waals surface area contributed by atoms with Crippen LogP contribution in [0.2, 0.25) is 0 Å². The first-order valence-corrected chi connectivity index (χ1v) is 5.96. The molecule has 0 saturated carbocycles. The molecule has 0 aliphatic rings. The SMILES string of the molecule is CCOCCC(=O)CCCc1ccccc1. The van der Waals surface area contributed by atoms with Crippen molar-refractivity contribution in [2.75, 3.05) is 13.2 Å². The highest BCUT2D eigenvalue weighted by atomic mass is 16.5. The van der Waals surface area contributed by atoms with Gasteiger partial charge >= 0.3 is 0 Å². The van der Waals surface area contributed by atoms with Crippen LogP contribution < -0.4 is 0 Å². The molecule has 0 atom stereocenters. The van der Waals surface area contributed by atoms with Gasteiger partial charge < -0.3 is 4.74 Å². The van der Waals surface area contributed by atoms with E-state index in [4.69, 9.17) is 4.74 Å². The Balaban J connectivity index is 2.09. The van der Waals surface area contributed by atoms with Gasteiger partial charge in [0.15, 0.2) is 0 Å². The van der Waals surface area contributed by atoms with Crippen molar-refractivity contribution < 1.29 is 9.53 Å². The number of hydrogen-bond acceptors (Lipinski definition) is 2. The van der Waals surface area contributed by atoms with Gasteiger partial charge in [0.25, 0.3) is 0 Å². The lowest BCUT2D eigenvalue weighted by atomic mass is 10.1. The summed E-state index contributed by atoms with van der Waals surface area (Å²) in [6, 6.07) is 10.3. The van der Waals surface area contributed by atoms with Crippen LogP contribution in [0.3, 0.4) is 0 Å². The van der Waals surface area contributed by atoms with Crippen molar-refractivity contribution >= 4 is 5.78 Å². The molecule has 0 fully saturated rings. The number of ether oxygens (including phenoxy) is 1. The van der Waals surface area contributed by atoms with E-state index >= 15 is 0 Å². The molecule has 0 unspecified atom stereocenters. The van der Waals surface area contributed by atoms with Gasteiger partial charge in [0.1, 0.15) is 5.78 Å². The number of Topliss-reactive ketones (excluding diaryl/α,β-unsaturated/α-hetero) is 1. The molecule has 0 spiro atoms. The summed E-state index contributed by atoms with van der Waals surface area (Å²) >= 11 is 0. The zero-order chi connectivity index (χ0) is 11.6. The third-order valence-corrected chi connectivity index (χ3v) is 2.49. The number of benzene rings is 1. The lowest BCUT2D eigenvalue weighted by molar-refractivity contribution is -0.120. The second-order valence-electron chi connectivity index (χ2n) is 3.82. The Morgan fingerprint density at radius 1 is 1.19 bits per heavy atom. The van der Waals surface area contributed by atoms with E-state index in [0.717, 1.165) is 12.8 Å². The first-order chi connectivity index (χ1) is 7.83. The van der Waals surface area contributed by atoms with Crippen LogP contribution in [0, 0.1) is 0 Å². The second-order valence-corrected chi connectivity index (χ2v) is 3.82. The molecule has 0 radical (unpaired) electrons. The van der Waals surface area contributed by atoms with Crippen molar-refractivity contribution in [3.63, 3.8) is 0 Å². The minimum atomic E-state index is 0.310. The molecule has 0 aliphatic carbocycles. The van der Waals surface area contributed by atoms with E-state index < -0.39 is 0 Å². The van der Waals surface area contributed by atoms with Crippen LogP contribution in [-0.2, 0) is 16.0 Å². The maximum absolute atomic E-state index is 11.4. The van der Waals surface area contributed by atoms with Crippen molar-refractivity contribution in [1.29, 1.82) is 0 Å². The van der Waals surface area contributed by atoms with Crippen LogP contribution in [0.1, 0.15) is 31.7 Å². The summed E-state index contributed by atoms with van der Waals surface area (Å²) < 4.78 is 5.15. The monoisotopic (exact) mass is 220 g/mol. The maximum atomic E-state index is 11.4. The first-order valence-electron chi connectivity index (χ1n) is 5.96. The summed E-state index contributed by atoms with van der Waals surface area (Å²) in [6.07, 6.45) is 3.15. The highest BCUT2D eigenvalue weighted by Gasteiger charge is 2.01. The molecule has 0 saturated heterocycles. The van der Waals surface area contributed by atoms with Gasteiger partial charge in [-0.15, -0.1) is 0 Å². The zero-order valence-electron chi connectivity index (χ0n) is 9.95. The number of hydrogen-bond donors (Lipinski definition) is 0. The van der Waals surface area contributed by atoms with E-state index in [2.05, 4.69) is 12.1 Å². The molecule has 16 heavy (non-hydrogen) atoms. The number of aryl methyl sites for hydroxylation is 1. The van der Waals surface area contributed by atoms with E-state index in [1.165, 1.54) is 5.56 Å². The molecule has 2 nitrogen and oxygen atoms in total. The molecular weight excluding hydrogens is 200 g/mol. The Labute approximate surface area is 97.6 Å². The Morgan fingerprint density at radius 3 is 2.62 bits per heavy atom. The lowest BCUT2D eigenvalue weighted by Crippen LogP contribution is -2.04. The third-order valence-electron chi connectivity index (χ3n) is 2.49. The molecule has 1 aromatic carbocycles. The van der Waals surface area contributed by atoms with E-state index in [9.17, 15) is 4.79 Å². The normalized spacial score (nSPS) is 10.3. The second kappa shape index (κ2) is 8.05. The Morgan fingerprint density at radius 2 is 1.94 bits per heavy atom. The van der Waals surface area contributed by atoms with Crippen LogP contribution in [0.4, 0.5) is 0 Å². The Bertz CT molecular complexity index is 293. The fourth-order valence-corrected chi connectivity index (χ4v) is 1.59. The first kappa shape index (κ1) is 12.9. The van der Waals surface area contributed by atoms with Crippen molar-refractivity contribution in [3.8, 4) is 0 Å². The van der Waals surface area contributed by atoms with Crippen LogP contribution >= 0.6 is 0 Å². The molecule has 1 rings (SSSR count). The molecule has 0 aliphatic heterocycles. The summed E-state index contributed by atoms with van der Waals surface area (Å²) in [4.78, 5) is 11.4. The molecule has 1 aromatic rings. The highest BCUT2D eigenvalue weighted by molar-refractivity contribution is 5.78. The summed E-state index contributed by atoms with van der Waals surface area (Å²) in [5.41, 5.74) is 1.31. The van der Waals surface area contributed by atoms with E-state index in [1.54, 1.807) is 0 Å². The van der Waals surface area contributed by atoms with Gasteiger partial charge in [0.2, 0.25) is 0 Å². The molecular formula is C14H20O2. The van der Waals surface area contributed by atoms with Gasteiger partial charge in [-0.1, -0.05) is 30.3 Å². The summed E-state index contributed by atoms with van der Waals surface area (Å²) in [7, 11) is 0. The largest absolute Gasteiger partial charge is 0.381 e. The number of carbonyl (C=O) groups excluding carboxylic acids is 1. The molecule has 0 heterocycles. The predicted molar refractivity (Wildman–Crippen MR) is 65.5 cm³/mol. The lowest BCUT2D eigenvalue weighted by Gasteiger charge is -2.02. The van der Waals surface area contributed by atoms with Crippen molar-refractivity contribution in [2.24, 2.45) is 0 Å². The minimum absolute atomic E-state index is 0.310. The molecule has 0 amide bonds. The third kappa shape index (κ3) is 5.66. The highest BCUT2D eigenvalue weighted by Crippen LogP contribution is 2.05. The smallest absolute Gasteiger partial charge is 0.135 e. The van der Waals surface area contributed by atoms with Crippen LogP contribution in [0.25, 0.3) is 0 Å². The van der Waals surface area contributed by atoms with Gasteiger partial charge in [-0.3, -0.25) is 4.79 Å². The fraction of sp³-hybridized carbons (Fsp3) is 0.500. The Kier molecular flexibility index (Phi) is 6.50. The minimum Gasteiger partial charge on any atom is -0.381 e. The molecule has 0 N–H and O–H groups in total. The van der Waals surface area contributed by atoms with Crippen LogP contribution in [0.15, 0.2) is 30.3 Å². The van der Waals surface area contributed by atoms with Crippen molar-refractivity contribution in [1.82, 2.24) is 0 Å².